The summed E-state index contributed by atoms with van der Waals surface area (Å²) in [5, 5.41) is 20.8. The Bertz CT molecular complexity index is 939. The summed E-state index contributed by atoms with van der Waals surface area (Å²) < 4.78 is 29.9. The maximum atomic E-state index is 12.5. The van der Waals surface area contributed by atoms with E-state index >= 15 is 0 Å². The first kappa shape index (κ1) is 24.3. The van der Waals surface area contributed by atoms with Crippen LogP contribution in [0.3, 0.4) is 0 Å². The van der Waals surface area contributed by atoms with Crippen LogP contribution in [0.1, 0.15) is 61.5 Å². The van der Waals surface area contributed by atoms with E-state index in [0.29, 0.717) is 0 Å². The van der Waals surface area contributed by atoms with Gasteiger partial charge in [-0.2, -0.15) is 4.57 Å². The number of primary amides is 1. The van der Waals surface area contributed by atoms with Crippen LogP contribution in [-0.4, -0.2) is 52.5 Å². The highest BCUT2D eigenvalue weighted by Gasteiger charge is 2.51. The summed E-state index contributed by atoms with van der Waals surface area (Å²) >= 11 is 0. The normalized spacial score (nSPS) is 40.4. The van der Waals surface area contributed by atoms with E-state index < -0.39 is 44.9 Å². The predicted octanol–water partition coefficient (Wildman–Crippen LogP) is 1.43. The Labute approximate surface area is 198 Å². The van der Waals surface area contributed by atoms with Crippen molar-refractivity contribution in [2.24, 2.45) is 28.9 Å². The number of phosphoric ester groups is 1. The van der Waals surface area contributed by atoms with Crippen LogP contribution >= 0.6 is 7.82 Å². The molecule has 0 radical (unpaired) electrons. The number of nitrogens with zero attached hydrogens (tertiary/aromatic N) is 1. The number of ether oxygens (including phenoxy) is 1. The third kappa shape index (κ3) is 4.95. The number of hydrogen-bond donors (Lipinski definition) is 4. The second-order valence-electron chi connectivity index (χ2n) is 10.7. The molecule has 6 rings (SSSR count). The Morgan fingerprint density at radius 1 is 1.15 bits per heavy atom. The minimum absolute atomic E-state index is 0.148. The number of aliphatic hydroxyl groups excluding tert-OH is 2. The summed E-state index contributed by atoms with van der Waals surface area (Å²) in [6.07, 6.45) is 6.51. The zero-order valence-corrected chi connectivity index (χ0v) is 20.0. The monoisotopic (exact) mass is 497 g/mol. The van der Waals surface area contributed by atoms with E-state index in [4.69, 9.17) is 19.5 Å². The molecule has 1 aromatic heterocycles. The van der Waals surface area contributed by atoms with E-state index in [1.54, 1.807) is 12.3 Å². The van der Waals surface area contributed by atoms with Crippen LogP contribution in [0.2, 0.25) is 0 Å². The summed E-state index contributed by atoms with van der Waals surface area (Å²) in [5.74, 6) is 1.75. The van der Waals surface area contributed by atoms with Gasteiger partial charge in [-0.3, -0.25) is 13.8 Å². The summed E-state index contributed by atoms with van der Waals surface area (Å²) in [5.41, 5.74) is 5.73. The maximum Gasteiger partial charge on any atom is 0.472 e. The average molecular weight is 498 g/mol. The van der Waals surface area contributed by atoms with Crippen LogP contribution in [0, 0.1) is 23.2 Å². The van der Waals surface area contributed by atoms with Gasteiger partial charge in [0.15, 0.2) is 18.5 Å². The fraction of sp³-hybridized carbons (Fsp3) is 0.739. The average Bonchev–Trinajstić information content (AvgIpc) is 3.05. The van der Waals surface area contributed by atoms with Crippen molar-refractivity contribution in [1.29, 1.82) is 0 Å². The number of hydrogen-bond acceptors (Lipinski definition) is 7. The molecule has 34 heavy (non-hydrogen) atoms. The Balaban J connectivity index is 1.13. The van der Waals surface area contributed by atoms with Crippen molar-refractivity contribution in [3.05, 3.63) is 30.1 Å². The minimum Gasteiger partial charge on any atom is -0.387 e. The van der Waals surface area contributed by atoms with Gasteiger partial charge in [-0.1, -0.05) is 0 Å². The fourth-order valence-electron chi connectivity index (χ4n) is 7.09. The number of carbonyl (C=O) groups excluding carboxylic acids is 1. The first-order valence-electron chi connectivity index (χ1n) is 12.1. The Morgan fingerprint density at radius 3 is 2.41 bits per heavy atom. The molecule has 0 aromatic carbocycles. The van der Waals surface area contributed by atoms with Gasteiger partial charge in [-0.05, 0) is 74.2 Å². The lowest BCUT2D eigenvalue weighted by Gasteiger charge is -2.57. The van der Waals surface area contributed by atoms with Crippen molar-refractivity contribution >= 4 is 13.7 Å². The van der Waals surface area contributed by atoms with Gasteiger partial charge in [0.25, 0.3) is 12.1 Å². The summed E-state index contributed by atoms with van der Waals surface area (Å²) in [7, 11) is -4.35. The lowest BCUT2D eigenvalue weighted by Crippen LogP contribution is -2.46. The Morgan fingerprint density at radius 2 is 1.79 bits per heavy atom. The SMILES string of the molecule is NC(=O)c1ccc[n+]([C@@H]2O[C@H](COP(=O)(O)OCCC34CC5CC(CC(C5)C3)C4)[C@@H](O)[C@H]2O)c1. The number of aliphatic hydroxyl groups is 2. The number of aromatic nitrogens is 1. The van der Waals surface area contributed by atoms with Gasteiger partial charge >= 0.3 is 7.82 Å². The highest BCUT2D eigenvalue weighted by atomic mass is 31.2. The fourth-order valence-corrected chi connectivity index (χ4v) is 7.82. The van der Waals surface area contributed by atoms with Crippen LogP contribution in [0.5, 0.6) is 0 Å². The zero-order chi connectivity index (χ0) is 24.1. The zero-order valence-electron chi connectivity index (χ0n) is 19.1. The largest absolute Gasteiger partial charge is 0.472 e. The molecule has 0 spiro atoms. The van der Waals surface area contributed by atoms with Crippen molar-refractivity contribution < 1.29 is 42.8 Å². The summed E-state index contributed by atoms with van der Waals surface area (Å²) in [4.78, 5) is 21.6. The van der Waals surface area contributed by atoms with Crippen molar-refractivity contribution in [2.45, 2.75) is 69.5 Å². The molecule has 4 aliphatic carbocycles. The first-order chi connectivity index (χ1) is 16.1. The highest BCUT2D eigenvalue weighted by Crippen LogP contribution is 2.61. The van der Waals surface area contributed by atoms with Gasteiger partial charge in [0.2, 0.25) is 0 Å². The molecule has 5 atom stereocenters. The molecule has 1 aliphatic heterocycles. The molecular weight excluding hydrogens is 463 g/mol. The topological polar surface area (TPSA) is 152 Å². The molecule has 5 N–H and O–H groups in total. The number of phosphoric acid groups is 1. The van der Waals surface area contributed by atoms with E-state index in [1.165, 1.54) is 55.4 Å². The molecule has 11 heteroatoms. The number of rotatable bonds is 9. The van der Waals surface area contributed by atoms with Crippen LogP contribution in [0.4, 0.5) is 0 Å². The van der Waals surface area contributed by atoms with Gasteiger partial charge in [-0.15, -0.1) is 0 Å². The van der Waals surface area contributed by atoms with Crippen molar-refractivity contribution in [2.75, 3.05) is 13.2 Å². The predicted molar refractivity (Wildman–Crippen MR) is 118 cm³/mol. The Kier molecular flexibility index (Phi) is 6.61. The lowest BCUT2D eigenvalue weighted by molar-refractivity contribution is -0.765. The molecule has 5 fully saturated rings. The standard InChI is InChI=1S/C23H33N2O8P/c24-21(28)17-2-1-4-25(12-17)22-20(27)19(26)18(33-22)13-32-34(29,30)31-5-3-23-9-14-6-15(10-23)8-16(7-14)11-23/h1-2,4,12,14-16,18-20,22,26-27H,3,5-11,13H2,(H2-,24,28,29,30)/p+1/t14?,15?,16?,18-,19-,20-,22-,23?/m1/s1. The van der Waals surface area contributed by atoms with Crippen LogP contribution in [0.15, 0.2) is 24.5 Å². The number of amides is 1. The number of nitrogens with two attached hydrogens (primary N) is 1. The van der Waals surface area contributed by atoms with E-state index in [2.05, 4.69) is 0 Å². The molecular formula is C23H34N2O8P+. The van der Waals surface area contributed by atoms with Gasteiger partial charge in [0.1, 0.15) is 17.8 Å². The highest BCUT2D eigenvalue weighted by molar-refractivity contribution is 7.47. The second kappa shape index (κ2) is 9.24. The summed E-state index contributed by atoms with van der Waals surface area (Å²) in [6.45, 7) is -0.287. The second-order valence-corrected chi connectivity index (χ2v) is 12.2. The molecule has 10 nitrogen and oxygen atoms in total. The number of carbonyl (C=O) groups is 1. The van der Waals surface area contributed by atoms with Crippen LogP contribution < -0.4 is 10.3 Å². The van der Waals surface area contributed by atoms with E-state index in [-0.39, 0.29) is 17.6 Å². The third-order valence-electron chi connectivity index (χ3n) is 8.19. The van der Waals surface area contributed by atoms with Crippen molar-refractivity contribution in [3.63, 3.8) is 0 Å². The maximum absolute atomic E-state index is 12.5. The van der Waals surface area contributed by atoms with Crippen LogP contribution in [0.25, 0.3) is 0 Å². The lowest BCUT2D eigenvalue weighted by atomic mass is 9.49. The van der Waals surface area contributed by atoms with Crippen molar-refractivity contribution in [1.82, 2.24) is 0 Å². The quantitative estimate of drug-likeness (QED) is 0.295. The number of pyridine rings is 1. The molecule has 188 valence electrons. The van der Waals surface area contributed by atoms with Gasteiger partial charge in [0, 0.05) is 6.07 Å². The minimum atomic E-state index is -4.35. The molecule has 1 aromatic rings. The van der Waals surface area contributed by atoms with E-state index in [1.807, 2.05) is 0 Å². The molecule has 1 saturated heterocycles. The van der Waals surface area contributed by atoms with Gasteiger partial charge in [-0.25, -0.2) is 4.57 Å². The van der Waals surface area contributed by atoms with Crippen LogP contribution in [-0.2, 0) is 18.3 Å². The molecule has 4 saturated carbocycles. The first-order valence-corrected chi connectivity index (χ1v) is 13.6. The molecule has 1 amide bonds. The third-order valence-corrected chi connectivity index (χ3v) is 9.18. The Hall–Kier alpha value is -1.39. The summed E-state index contributed by atoms with van der Waals surface area (Å²) in [6, 6.07) is 3.08. The van der Waals surface area contributed by atoms with Gasteiger partial charge in [0.05, 0.1) is 13.2 Å². The van der Waals surface area contributed by atoms with E-state index in [0.717, 1.165) is 24.2 Å². The molecule has 1 unspecified atom stereocenters. The smallest absolute Gasteiger partial charge is 0.387 e. The van der Waals surface area contributed by atoms with Crippen molar-refractivity contribution in [3.8, 4) is 0 Å². The van der Waals surface area contributed by atoms with E-state index in [9.17, 15) is 24.5 Å². The molecule has 2 heterocycles. The molecule has 5 aliphatic rings. The van der Waals surface area contributed by atoms with Gasteiger partial charge < -0.3 is 25.6 Å². The molecule has 4 bridgehead atoms.